The Morgan fingerprint density at radius 2 is 2.50 bits per heavy atom. The molecule has 1 aromatic rings. The van der Waals surface area contributed by atoms with Crippen LogP contribution in [0.15, 0.2) is 10.6 Å². The molecule has 0 spiro atoms. The molecule has 0 unspecified atom stereocenters. The third-order valence-corrected chi connectivity index (χ3v) is 2.30. The van der Waals surface area contributed by atoms with Gasteiger partial charge in [-0.25, -0.2) is 0 Å². The molecule has 12 heavy (non-hydrogen) atoms. The third kappa shape index (κ3) is 1.50. The van der Waals surface area contributed by atoms with Crippen LogP contribution in [0.25, 0.3) is 0 Å². The van der Waals surface area contributed by atoms with E-state index in [1.165, 1.54) is 19.3 Å². The number of nitrogens with zero attached hydrogens (tertiary/aromatic N) is 1. The molecule has 0 aliphatic carbocycles. The molecule has 1 N–H and O–H groups in total. The van der Waals surface area contributed by atoms with E-state index in [2.05, 4.69) is 10.5 Å². The van der Waals surface area contributed by atoms with Gasteiger partial charge in [0, 0.05) is 6.07 Å². The summed E-state index contributed by atoms with van der Waals surface area (Å²) in [4.78, 5) is 0. The maximum absolute atomic E-state index is 5.19. The van der Waals surface area contributed by atoms with Gasteiger partial charge in [0.15, 0.2) is 5.76 Å². The number of piperidine rings is 1. The Morgan fingerprint density at radius 1 is 1.58 bits per heavy atom. The number of hydrogen-bond donors (Lipinski definition) is 1. The van der Waals surface area contributed by atoms with E-state index in [0.717, 1.165) is 18.0 Å². The second-order valence-electron chi connectivity index (χ2n) is 3.37. The van der Waals surface area contributed by atoms with Crippen molar-refractivity contribution in [2.45, 2.75) is 32.2 Å². The predicted molar refractivity (Wildman–Crippen MR) is 45.8 cm³/mol. The molecular weight excluding hydrogens is 152 g/mol. The van der Waals surface area contributed by atoms with Crippen LogP contribution < -0.4 is 5.32 Å². The maximum atomic E-state index is 5.19. The summed E-state index contributed by atoms with van der Waals surface area (Å²) in [6.07, 6.45) is 3.75. The van der Waals surface area contributed by atoms with Gasteiger partial charge in [0.25, 0.3) is 0 Å². The van der Waals surface area contributed by atoms with Gasteiger partial charge in [0.2, 0.25) is 0 Å². The molecule has 1 fully saturated rings. The first kappa shape index (κ1) is 7.80. The number of nitrogens with one attached hydrogen (secondary N) is 1. The summed E-state index contributed by atoms with van der Waals surface area (Å²) in [5, 5.41) is 7.29. The van der Waals surface area contributed by atoms with Crippen LogP contribution in [-0.2, 0) is 0 Å². The molecule has 3 nitrogen and oxygen atoms in total. The monoisotopic (exact) mass is 166 g/mol. The third-order valence-electron chi connectivity index (χ3n) is 2.30. The predicted octanol–water partition coefficient (Wildman–Crippen LogP) is 1.80. The summed E-state index contributed by atoms with van der Waals surface area (Å²) in [6.45, 7) is 3.06. The van der Waals surface area contributed by atoms with Crippen molar-refractivity contribution in [2.24, 2.45) is 0 Å². The Bertz CT molecular complexity index is 251. The number of hydrogen-bond acceptors (Lipinski definition) is 3. The molecule has 3 heteroatoms. The van der Waals surface area contributed by atoms with E-state index < -0.39 is 0 Å². The van der Waals surface area contributed by atoms with Crippen molar-refractivity contribution in [3.05, 3.63) is 17.5 Å². The highest BCUT2D eigenvalue weighted by molar-refractivity contribution is 5.08. The Kier molecular flexibility index (Phi) is 2.13. The summed E-state index contributed by atoms with van der Waals surface area (Å²) in [7, 11) is 0. The molecule has 66 valence electrons. The van der Waals surface area contributed by atoms with Gasteiger partial charge in [-0.3, -0.25) is 0 Å². The van der Waals surface area contributed by atoms with Crippen LogP contribution in [0.3, 0.4) is 0 Å². The minimum absolute atomic E-state index is 0.403. The van der Waals surface area contributed by atoms with Crippen molar-refractivity contribution in [2.75, 3.05) is 6.54 Å². The van der Waals surface area contributed by atoms with E-state index in [4.69, 9.17) is 4.52 Å². The van der Waals surface area contributed by atoms with Crippen molar-refractivity contribution in [1.82, 2.24) is 10.5 Å². The topological polar surface area (TPSA) is 38.1 Å². The zero-order valence-electron chi connectivity index (χ0n) is 7.34. The van der Waals surface area contributed by atoms with Gasteiger partial charge in [-0.15, -0.1) is 0 Å². The smallest absolute Gasteiger partial charge is 0.153 e. The Labute approximate surface area is 72.1 Å². The normalized spacial score (nSPS) is 24.2. The minimum atomic E-state index is 0.403. The lowest BCUT2D eigenvalue weighted by Crippen LogP contribution is -2.26. The highest BCUT2D eigenvalue weighted by atomic mass is 16.5. The fraction of sp³-hybridized carbons (Fsp3) is 0.667. The van der Waals surface area contributed by atoms with Gasteiger partial charge in [0.1, 0.15) is 0 Å². The van der Waals surface area contributed by atoms with Crippen molar-refractivity contribution in [3.8, 4) is 0 Å². The molecule has 2 rings (SSSR count). The SMILES string of the molecule is Cc1cc([C@H]2CCCCN2)on1. The van der Waals surface area contributed by atoms with Gasteiger partial charge in [-0.1, -0.05) is 11.6 Å². The van der Waals surface area contributed by atoms with Crippen LogP contribution in [0.2, 0.25) is 0 Å². The first-order valence-corrected chi connectivity index (χ1v) is 4.53. The summed E-state index contributed by atoms with van der Waals surface area (Å²) >= 11 is 0. The summed E-state index contributed by atoms with van der Waals surface area (Å²) < 4.78 is 5.19. The molecule has 1 atom stereocenters. The van der Waals surface area contributed by atoms with Crippen LogP contribution in [0.5, 0.6) is 0 Å². The van der Waals surface area contributed by atoms with Crippen molar-refractivity contribution < 1.29 is 4.52 Å². The van der Waals surface area contributed by atoms with E-state index in [0.29, 0.717) is 6.04 Å². The first-order valence-electron chi connectivity index (χ1n) is 4.53. The fourth-order valence-electron chi connectivity index (χ4n) is 1.64. The molecular formula is C9H14N2O. The molecule has 1 aliphatic rings. The molecule has 0 aromatic carbocycles. The Hall–Kier alpha value is -0.830. The molecule has 1 aromatic heterocycles. The van der Waals surface area contributed by atoms with Gasteiger partial charge in [-0.05, 0) is 26.3 Å². The van der Waals surface area contributed by atoms with E-state index in [9.17, 15) is 0 Å². The first-order chi connectivity index (χ1) is 5.86. The van der Waals surface area contributed by atoms with Crippen molar-refractivity contribution in [1.29, 1.82) is 0 Å². The van der Waals surface area contributed by atoms with E-state index in [1.54, 1.807) is 0 Å². The van der Waals surface area contributed by atoms with Gasteiger partial charge in [-0.2, -0.15) is 0 Å². The molecule has 0 radical (unpaired) electrons. The molecule has 2 heterocycles. The molecule has 0 amide bonds. The van der Waals surface area contributed by atoms with Gasteiger partial charge in [0.05, 0.1) is 11.7 Å². The van der Waals surface area contributed by atoms with E-state index in [1.807, 2.05) is 13.0 Å². The quantitative estimate of drug-likeness (QED) is 0.691. The number of aromatic nitrogens is 1. The van der Waals surface area contributed by atoms with E-state index >= 15 is 0 Å². The lowest BCUT2D eigenvalue weighted by molar-refractivity contribution is 0.303. The van der Waals surface area contributed by atoms with Crippen LogP contribution in [0.4, 0.5) is 0 Å². The zero-order chi connectivity index (χ0) is 8.39. The van der Waals surface area contributed by atoms with E-state index in [-0.39, 0.29) is 0 Å². The van der Waals surface area contributed by atoms with Crippen LogP contribution >= 0.6 is 0 Å². The molecule has 0 bridgehead atoms. The summed E-state index contributed by atoms with van der Waals surface area (Å²) in [5.41, 5.74) is 0.970. The fourth-order valence-corrected chi connectivity index (χ4v) is 1.64. The highest BCUT2D eigenvalue weighted by Gasteiger charge is 2.17. The van der Waals surface area contributed by atoms with Gasteiger partial charge >= 0.3 is 0 Å². The highest BCUT2D eigenvalue weighted by Crippen LogP contribution is 2.22. The Morgan fingerprint density at radius 3 is 3.08 bits per heavy atom. The lowest BCUT2D eigenvalue weighted by atomic mass is 10.0. The van der Waals surface area contributed by atoms with Gasteiger partial charge < -0.3 is 9.84 Å². The largest absolute Gasteiger partial charge is 0.359 e. The van der Waals surface area contributed by atoms with Crippen LogP contribution in [0.1, 0.15) is 36.8 Å². The summed E-state index contributed by atoms with van der Waals surface area (Å²) in [5.74, 6) is 0.993. The standard InChI is InChI=1S/C9H14N2O/c1-7-6-9(12-11-7)8-4-2-3-5-10-8/h6,8,10H,2-5H2,1H3/t8-/m1/s1. The lowest BCUT2D eigenvalue weighted by Gasteiger charge is -2.20. The molecule has 0 saturated carbocycles. The average molecular weight is 166 g/mol. The zero-order valence-corrected chi connectivity index (χ0v) is 7.34. The van der Waals surface area contributed by atoms with Crippen molar-refractivity contribution >= 4 is 0 Å². The second kappa shape index (κ2) is 3.27. The Balaban J connectivity index is 2.08. The molecule has 1 saturated heterocycles. The van der Waals surface area contributed by atoms with Crippen molar-refractivity contribution in [3.63, 3.8) is 0 Å². The molecule has 1 aliphatic heterocycles. The summed E-state index contributed by atoms with van der Waals surface area (Å²) in [6, 6.07) is 2.42. The second-order valence-corrected chi connectivity index (χ2v) is 3.37. The number of rotatable bonds is 1. The van der Waals surface area contributed by atoms with Crippen LogP contribution in [-0.4, -0.2) is 11.7 Å². The van der Waals surface area contributed by atoms with Crippen LogP contribution in [0, 0.1) is 6.92 Å². The minimum Gasteiger partial charge on any atom is -0.359 e. The maximum Gasteiger partial charge on any atom is 0.153 e. The number of aryl methyl sites for hydroxylation is 1. The average Bonchev–Trinajstić information content (AvgIpc) is 2.54.